The van der Waals surface area contributed by atoms with E-state index in [2.05, 4.69) is 10.6 Å². The molecule has 3 amide bonds. The van der Waals surface area contributed by atoms with Crippen molar-refractivity contribution in [2.75, 3.05) is 31.6 Å². The monoisotopic (exact) mass is 413 g/mol. The number of hydrogen-bond donors (Lipinski definition) is 2. The molecule has 0 unspecified atom stereocenters. The molecule has 1 aromatic heterocycles. The van der Waals surface area contributed by atoms with Crippen LogP contribution in [0.2, 0.25) is 0 Å². The fraction of sp³-hybridized carbons (Fsp3) is 0.409. The van der Waals surface area contributed by atoms with Gasteiger partial charge in [0.25, 0.3) is 11.8 Å². The number of ether oxygens (including phenoxy) is 1. The van der Waals surface area contributed by atoms with Crippen molar-refractivity contribution in [1.29, 1.82) is 0 Å². The Hall–Kier alpha value is -3.13. The molecule has 0 aliphatic carbocycles. The SMILES string of the molecule is CC[C@H](C)[C@H](NC(=O)c1ccccc1NC(=O)c1ccco1)C(=O)N1CCOCC1. The van der Waals surface area contributed by atoms with Crippen molar-refractivity contribution in [3.05, 3.63) is 54.0 Å². The van der Waals surface area contributed by atoms with Crippen LogP contribution >= 0.6 is 0 Å². The summed E-state index contributed by atoms with van der Waals surface area (Å²) in [6.45, 7) is 5.93. The Balaban J connectivity index is 1.77. The van der Waals surface area contributed by atoms with Crippen molar-refractivity contribution in [3.63, 3.8) is 0 Å². The maximum atomic E-state index is 13.1. The summed E-state index contributed by atoms with van der Waals surface area (Å²) in [4.78, 5) is 40.2. The smallest absolute Gasteiger partial charge is 0.291 e. The molecule has 8 nitrogen and oxygen atoms in total. The molecule has 1 aliphatic heterocycles. The molecule has 1 aromatic carbocycles. The maximum Gasteiger partial charge on any atom is 0.291 e. The Kier molecular flexibility index (Phi) is 7.24. The van der Waals surface area contributed by atoms with Gasteiger partial charge in [-0.15, -0.1) is 0 Å². The van der Waals surface area contributed by atoms with Gasteiger partial charge in [-0.25, -0.2) is 0 Å². The summed E-state index contributed by atoms with van der Waals surface area (Å²) >= 11 is 0. The number of nitrogens with zero attached hydrogens (tertiary/aromatic N) is 1. The molecule has 2 aromatic rings. The molecule has 0 radical (unpaired) electrons. The molecule has 1 saturated heterocycles. The van der Waals surface area contributed by atoms with Gasteiger partial charge in [-0.1, -0.05) is 32.4 Å². The maximum absolute atomic E-state index is 13.1. The van der Waals surface area contributed by atoms with Crippen molar-refractivity contribution in [2.45, 2.75) is 26.3 Å². The van der Waals surface area contributed by atoms with Crippen molar-refractivity contribution >= 4 is 23.4 Å². The van der Waals surface area contributed by atoms with Crippen LogP contribution in [0.5, 0.6) is 0 Å². The highest BCUT2D eigenvalue weighted by atomic mass is 16.5. The van der Waals surface area contributed by atoms with E-state index in [4.69, 9.17) is 9.15 Å². The summed E-state index contributed by atoms with van der Waals surface area (Å²) in [6, 6.07) is 9.17. The Labute approximate surface area is 175 Å². The zero-order valence-corrected chi connectivity index (χ0v) is 17.2. The first-order chi connectivity index (χ1) is 14.5. The van der Waals surface area contributed by atoms with Gasteiger partial charge in [0.1, 0.15) is 6.04 Å². The molecule has 2 N–H and O–H groups in total. The van der Waals surface area contributed by atoms with Crippen LogP contribution in [0.3, 0.4) is 0 Å². The number of carbonyl (C=O) groups excluding carboxylic acids is 3. The van der Waals surface area contributed by atoms with E-state index in [9.17, 15) is 14.4 Å². The van der Waals surface area contributed by atoms with Crippen LogP contribution in [0.1, 0.15) is 41.2 Å². The van der Waals surface area contributed by atoms with Gasteiger partial charge >= 0.3 is 0 Å². The molecule has 0 bridgehead atoms. The van der Waals surface area contributed by atoms with E-state index in [1.807, 2.05) is 13.8 Å². The van der Waals surface area contributed by atoms with Gasteiger partial charge in [-0.05, 0) is 30.2 Å². The summed E-state index contributed by atoms with van der Waals surface area (Å²) in [5.74, 6) is -0.891. The number of amides is 3. The van der Waals surface area contributed by atoms with Crippen LogP contribution in [0, 0.1) is 5.92 Å². The second kappa shape index (κ2) is 10.1. The Morgan fingerprint density at radius 2 is 1.80 bits per heavy atom. The Bertz CT molecular complexity index is 875. The Morgan fingerprint density at radius 3 is 2.47 bits per heavy atom. The third-order valence-corrected chi connectivity index (χ3v) is 5.25. The lowest BCUT2D eigenvalue weighted by Crippen LogP contribution is -2.54. The summed E-state index contributed by atoms with van der Waals surface area (Å²) in [6.07, 6.45) is 2.14. The molecule has 2 atom stereocenters. The fourth-order valence-corrected chi connectivity index (χ4v) is 3.26. The predicted molar refractivity (Wildman–Crippen MR) is 111 cm³/mol. The first-order valence-corrected chi connectivity index (χ1v) is 10.1. The van der Waals surface area contributed by atoms with Crippen molar-refractivity contribution in [1.82, 2.24) is 10.2 Å². The summed E-state index contributed by atoms with van der Waals surface area (Å²) < 4.78 is 10.4. The summed E-state index contributed by atoms with van der Waals surface area (Å²) in [5.41, 5.74) is 0.624. The molecule has 30 heavy (non-hydrogen) atoms. The van der Waals surface area contributed by atoms with Crippen LogP contribution in [-0.2, 0) is 9.53 Å². The lowest BCUT2D eigenvalue weighted by atomic mass is 9.97. The highest BCUT2D eigenvalue weighted by molar-refractivity contribution is 6.08. The normalized spacial score (nSPS) is 15.9. The van der Waals surface area contributed by atoms with Gasteiger partial charge in [0, 0.05) is 13.1 Å². The number of benzene rings is 1. The minimum Gasteiger partial charge on any atom is -0.459 e. The average Bonchev–Trinajstić information content (AvgIpc) is 3.32. The molecule has 0 spiro atoms. The highest BCUT2D eigenvalue weighted by Crippen LogP contribution is 2.19. The standard InChI is InChI=1S/C22H27N3O5/c1-3-15(2)19(22(28)25-10-13-29-14-11-25)24-20(26)16-7-4-5-8-17(16)23-21(27)18-9-6-12-30-18/h4-9,12,15,19H,3,10-11,13-14H2,1-2H3,(H,23,27)(H,24,26)/t15-,19-/m0/s1. The number of anilines is 1. The fourth-order valence-electron chi connectivity index (χ4n) is 3.26. The molecule has 0 saturated carbocycles. The number of hydrogen-bond acceptors (Lipinski definition) is 5. The Morgan fingerprint density at radius 1 is 1.07 bits per heavy atom. The van der Waals surface area contributed by atoms with E-state index in [0.717, 1.165) is 6.42 Å². The van der Waals surface area contributed by atoms with E-state index in [1.165, 1.54) is 12.3 Å². The third-order valence-electron chi connectivity index (χ3n) is 5.25. The van der Waals surface area contributed by atoms with Gasteiger partial charge < -0.3 is 24.7 Å². The molecule has 160 valence electrons. The topological polar surface area (TPSA) is 101 Å². The number of morpholine rings is 1. The van der Waals surface area contributed by atoms with E-state index >= 15 is 0 Å². The van der Waals surface area contributed by atoms with Crippen LogP contribution < -0.4 is 10.6 Å². The van der Waals surface area contributed by atoms with Crippen molar-refractivity contribution in [3.8, 4) is 0 Å². The van der Waals surface area contributed by atoms with E-state index in [1.54, 1.807) is 35.2 Å². The minimum atomic E-state index is -0.658. The van der Waals surface area contributed by atoms with Crippen LogP contribution in [0.15, 0.2) is 47.1 Å². The van der Waals surface area contributed by atoms with Gasteiger partial charge in [0.05, 0.1) is 30.7 Å². The molecular weight excluding hydrogens is 386 g/mol. The number of para-hydroxylation sites is 1. The molecule has 1 aliphatic rings. The van der Waals surface area contributed by atoms with E-state index in [-0.39, 0.29) is 23.1 Å². The molecule has 2 heterocycles. The quantitative estimate of drug-likeness (QED) is 0.726. The van der Waals surface area contributed by atoms with Crippen LogP contribution in [0.25, 0.3) is 0 Å². The summed E-state index contributed by atoms with van der Waals surface area (Å²) in [7, 11) is 0. The van der Waals surface area contributed by atoms with Gasteiger partial charge in [0.15, 0.2) is 5.76 Å². The average molecular weight is 413 g/mol. The largest absolute Gasteiger partial charge is 0.459 e. The lowest BCUT2D eigenvalue weighted by Gasteiger charge is -2.33. The van der Waals surface area contributed by atoms with Gasteiger partial charge in [0.2, 0.25) is 5.91 Å². The predicted octanol–water partition coefficient (Wildman–Crippen LogP) is 2.54. The van der Waals surface area contributed by atoms with Crippen molar-refractivity contribution in [2.24, 2.45) is 5.92 Å². The third kappa shape index (κ3) is 5.07. The van der Waals surface area contributed by atoms with E-state index < -0.39 is 17.9 Å². The second-order valence-corrected chi connectivity index (χ2v) is 7.25. The first-order valence-electron chi connectivity index (χ1n) is 10.1. The highest BCUT2D eigenvalue weighted by Gasteiger charge is 2.31. The van der Waals surface area contributed by atoms with Gasteiger partial charge in [-0.3, -0.25) is 14.4 Å². The molecule has 1 fully saturated rings. The minimum absolute atomic E-state index is 0.0471. The van der Waals surface area contributed by atoms with E-state index in [0.29, 0.717) is 32.0 Å². The first kappa shape index (κ1) is 21.6. The molecular formula is C22H27N3O5. The molecule has 3 rings (SSSR count). The van der Waals surface area contributed by atoms with Crippen LogP contribution in [0.4, 0.5) is 5.69 Å². The van der Waals surface area contributed by atoms with Crippen LogP contribution in [-0.4, -0.2) is 55.0 Å². The van der Waals surface area contributed by atoms with Crippen molar-refractivity contribution < 1.29 is 23.5 Å². The number of nitrogens with one attached hydrogen (secondary N) is 2. The zero-order chi connectivity index (χ0) is 21.5. The summed E-state index contributed by atoms with van der Waals surface area (Å²) in [5, 5.41) is 5.58. The zero-order valence-electron chi connectivity index (χ0n) is 17.2. The lowest BCUT2D eigenvalue weighted by molar-refractivity contribution is -0.138. The molecule has 8 heteroatoms. The number of furan rings is 1. The van der Waals surface area contributed by atoms with Gasteiger partial charge in [-0.2, -0.15) is 0 Å². The number of rotatable bonds is 7. The second-order valence-electron chi connectivity index (χ2n) is 7.25. The number of carbonyl (C=O) groups is 3.